The van der Waals surface area contributed by atoms with Crippen LogP contribution in [-0.4, -0.2) is 17.8 Å². The molecule has 0 aromatic heterocycles. The monoisotopic (exact) mass is 561 g/mol. The van der Waals surface area contributed by atoms with Gasteiger partial charge in [-0.1, -0.05) is 45.7 Å². The minimum absolute atomic E-state index is 0.155. The highest BCUT2D eigenvalue weighted by molar-refractivity contribution is 9.10. The summed E-state index contributed by atoms with van der Waals surface area (Å²) in [7, 11) is 0. The summed E-state index contributed by atoms with van der Waals surface area (Å²) in [6.45, 7) is 2.39. The second-order valence-electron chi connectivity index (χ2n) is 7.17. The van der Waals surface area contributed by atoms with Crippen LogP contribution in [-0.2, 0) is 11.4 Å². The second-order valence-corrected chi connectivity index (χ2v) is 9.45. The number of nitrogens with zero attached hydrogens (tertiary/aromatic N) is 1. The van der Waals surface area contributed by atoms with E-state index in [1.54, 1.807) is 54.6 Å². The van der Waals surface area contributed by atoms with Crippen molar-refractivity contribution in [3.63, 3.8) is 0 Å². The number of halogens is 3. The Morgan fingerprint density at radius 1 is 1.06 bits per heavy atom. The molecule has 1 aliphatic rings. The maximum atomic E-state index is 13.5. The molecule has 174 valence electrons. The molecule has 0 N–H and O–H groups in total. The Morgan fingerprint density at radius 3 is 2.56 bits per heavy atom. The van der Waals surface area contributed by atoms with E-state index in [1.165, 1.54) is 12.1 Å². The van der Waals surface area contributed by atoms with Gasteiger partial charge >= 0.3 is 0 Å². The fourth-order valence-electron chi connectivity index (χ4n) is 3.28. The van der Waals surface area contributed by atoms with Crippen molar-refractivity contribution in [1.29, 1.82) is 0 Å². The molecular weight excluding hydrogens is 545 g/mol. The number of imide groups is 1. The highest BCUT2D eigenvalue weighted by Gasteiger charge is 2.36. The lowest BCUT2D eigenvalue weighted by Gasteiger charge is -2.14. The van der Waals surface area contributed by atoms with Crippen LogP contribution in [0.25, 0.3) is 6.08 Å². The molecule has 1 fully saturated rings. The molecule has 0 atom stereocenters. The van der Waals surface area contributed by atoms with Crippen molar-refractivity contribution < 1.29 is 23.5 Å². The van der Waals surface area contributed by atoms with Gasteiger partial charge in [0.1, 0.15) is 12.4 Å². The molecule has 3 aromatic rings. The quantitative estimate of drug-likeness (QED) is 0.280. The van der Waals surface area contributed by atoms with E-state index >= 15 is 0 Å². The number of anilines is 1. The van der Waals surface area contributed by atoms with Gasteiger partial charge in [0.2, 0.25) is 0 Å². The van der Waals surface area contributed by atoms with E-state index in [0.717, 1.165) is 16.7 Å². The molecule has 1 heterocycles. The van der Waals surface area contributed by atoms with Crippen LogP contribution in [0.5, 0.6) is 11.5 Å². The summed E-state index contributed by atoms with van der Waals surface area (Å²) in [5.41, 5.74) is 1.73. The number of hydrogen-bond acceptors (Lipinski definition) is 5. The molecule has 3 aromatic carbocycles. The highest BCUT2D eigenvalue weighted by atomic mass is 79.9. The largest absolute Gasteiger partial charge is 0.490 e. The first-order valence-electron chi connectivity index (χ1n) is 10.2. The number of hydrogen-bond donors (Lipinski definition) is 0. The fourth-order valence-corrected chi connectivity index (χ4v) is 4.73. The van der Waals surface area contributed by atoms with E-state index in [-0.39, 0.29) is 17.3 Å². The summed E-state index contributed by atoms with van der Waals surface area (Å²) in [4.78, 5) is 26.9. The van der Waals surface area contributed by atoms with E-state index in [0.29, 0.717) is 44.4 Å². The zero-order chi connectivity index (χ0) is 24.2. The Hall–Kier alpha value is -2.81. The van der Waals surface area contributed by atoms with Crippen LogP contribution in [0.4, 0.5) is 14.9 Å². The van der Waals surface area contributed by atoms with E-state index in [1.807, 2.05) is 6.92 Å². The Kier molecular flexibility index (Phi) is 7.60. The Labute approximate surface area is 213 Å². The predicted octanol–water partition coefficient (Wildman–Crippen LogP) is 7.46. The predicted molar refractivity (Wildman–Crippen MR) is 136 cm³/mol. The van der Waals surface area contributed by atoms with Gasteiger partial charge in [0.05, 0.1) is 17.2 Å². The van der Waals surface area contributed by atoms with Crippen molar-refractivity contribution in [2.75, 3.05) is 11.5 Å². The topological polar surface area (TPSA) is 55.8 Å². The molecule has 0 radical (unpaired) electrons. The maximum Gasteiger partial charge on any atom is 0.298 e. The highest BCUT2D eigenvalue weighted by Crippen LogP contribution is 2.40. The lowest BCUT2D eigenvalue weighted by atomic mass is 10.1. The van der Waals surface area contributed by atoms with Gasteiger partial charge in [-0.05, 0) is 78.4 Å². The van der Waals surface area contributed by atoms with Crippen LogP contribution >= 0.6 is 39.3 Å². The van der Waals surface area contributed by atoms with Crippen LogP contribution < -0.4 is 14.4 Å². The van der Waals surface area contributed by atoms with Gasteiger partial charge in [-0.25, -0.2) is 9.29 Å². The Morgan fingerprint density at radius 2 is 1.82 bits per heavy atom. The molecule has 9 heteroatoms. The summed E-state index contributed by atoms with van der Waals surface area (Å²) < 4.78 is 25.7. The molecule has 34 heavy (non-hydrogen) atoms. The van der Waals surface area contributed by atoms with Crippen LogP contribution in [0.15, 0.2) is 70.0 Å². The zero-order valence-electron chi connectivity index (χ0n) is 17.9. The van der Waals surface area contributed by atoms with Crippen molar-refractivity contribution in [2.45, 2.75) is 13.5 Å². The van der Waals surface area contributed by atoms with Crippen molar-refractivity contribution in [2.24, 2.45) is 0 Å². The molecule has 2 amide bonds. The molecule has 0 saturated carbocycles. The van der Waals surface area contributed by atoms with Gasteiger partial charge in [-0.3, -0.25) is 9.59 Å². The second kappa shape index (κ2) is 10.6. The van der Waals surface area contributed by atoms with Crippen molar-refractivity contribution in [1.82, 2.24) is 0 Å². The Balaban J connectivity index is 1.61. The van der Waals surface area contributed by atoms with E-state index in [9.17, 15) is 14.0 Å². The third kappa shape index (κ3) is 5.46. The number of thioether (sulfide) groups is 1. The molecular formula is C25H18BrClFNO4S. The van der Waals surface area contributed by atoms with Gasteiger partial charge in [0, 0.05) is 9.50 Å². The first-order chi connectivity index (χ1) is 16.4. The third-order valence-electron chi connectivity index (χ3n) is 4.79. The average molecular weight is 563 g/mol. The SMILES string of the molecule is CCOc1cc(/C=C2/SC(=O)N(c3cccc(Cl)c3)C2=O)c(Br)cc1OCc1cccc(F)c1. The molecule has 1 saturated heterocycles. The summed E-state index contributed by atoms with van der Waals surface area (Å²) >= 11 is 10.4. The van der Waals surface area contributed by atoms with Gasteiger partial charge in [0.15, 0.2) is 11.5 Å². The molecule has 0 bridgehead atoms. The number of rotatable bonds is 7. The minimum atomic E-state index is -0.437. The molecule has 5 nitrogen and oxygen atoms in total. The summed E-state index contributed by atoms with van der Waals surface area (Å²) in [5, 5.41) is 0.0215. The molecule has 1 aliphatic heterocycles. The minimum Gasteiger partial charge on any atom is -0.490 e. The summed E-state index contributed by atoms with van der Waals surface area (Å²) in [6, 6.07) is 16.2. The number of benzene rings is 3. The van der Waals surface area contributed by atoms with Crippen molar-refractivity contribution in [3.05, 3.63) is 92.0 Å². The van der Waals surface area contributed by atoms with Crippen molar-refractivity contribution >= 4 is 62.2 Å². The van der Waals surface area contributed by atoms with Gasteiger partial charge in [-0.2, -0.15) is 0 Å². The summed E-state index contributed by atoms with van der Waals surface area (Å²) in [6.07, 6.45) is 1.62. The van der Waals surface area contributed by atoms with Gasteiger partial charge in [-0.15, -0.1) is 0 Å². The fraction of sp³-hybridized carbons (Fsp3) is 0.120. The number of carbonyl (C=O) groups excluding carboxylic acids is 2. The Bertz CT molecular complexity index is 1300. The lowest BCUT2D eigenvalue weighted by molar-refractivity contribution is -0.113. The number of ether oxygens (including phenoxy) is 2. The van der Waals surface area contributed by atoms with Crippen LogP contribution in [0.2, 0.25) is 5.02 Å². The molecule has 0 spiro atoms. The smallest absolute Gasteiger partial charge is 0.298 e. The van der Waals surface area contributed by atoms with E-state index in [2.05, 4.69) is 15.9 Å². The number of carbonyl (C=O) groups is 2. The van der Waals surface area contributed by atoms with E-state index < -0.39 is 11.1 Å². The normalized spacial score (nSPS) is 14.7. The summed E-state index contributed by atoms with van der Waals surface area (Å²) in [5.74, 6) is 0.146. The standard InChI is InChI=1S/C25H18BrClFNO4S/c1-2-32-21-10-16(20(26)13-22(21)33-14-15-5-3-7-18(28)9-15)11-23-24(30)29(25(31)34-23)19-8-4-6-17(27)12-19/h3-13H,2,14H2,1H3/b23-11+. The zero-order valence-corrected chi connectivity index (χ0v) is 21.0. The van der Waals surface area contributed by atoms with Crippen LogP contribution in [0.1, 0.15) is 18.1 Å². The van der Waals surface area contributed by atoms with Gasteiger partial charge in [0.25, 0.3) is 11.1 Å². The maximum absolute atomic E-state index is 13.5. The molecule has 0 aliphatic carbocycles. The van der Waals surface area contributed by atoms with E-state index in [4.69, 9.17) is 21.1 Å². The van der Waals surface area contributed by atoms with Crippen LogP contribution in [0.3, 0.4) is 0 Å². The molecule has 0 unspecified atom stereocenters. The average Bonchev–Trinajstić information content (AvgIpc) is 3.07. The number of amides is 2. The molecule has 4 rings (SSSR count). The first-order valence-corrected chi connectivity index (χ1v) is 12.2. The van der Waals surface area contributed by atoms with Crippen molar-refractivity contribution in [3.8, 4) is 11.5 Å². The first kappa shape index (κ1) is 24.3. The van der Waals surface area contributed by atoms with Gasteiger partial charge < -0.3 is 9.47 Å². The third-order valence-corrected chi connectivity index (χ3v) is 6.58. The lowest BCUT2D eigenvalue weighted by Crippen LogP contribution is -2.27. The van der Waals surface area contributed by atoms with Crippen LogP contribution in [0, 0.1) is 5.82 Å².